The van der Waals surface area contributed by atoms with E-state index in [0.29, 0.717) is 5.92 Å². The van der Waals surface area contributed by atoms with Crippen molar-refractivity contribution in [1.29, 1.82) is 0 Å². The Morgan fingerprint density at radius 1 is 1.14 bits per heavy atom. The molecule has 0 N–H and O–H groups in total. The summed E-state index contributed by atoms with van der Waals surface area (Å²) in [7, 11) is 0. The minimum Gasteiger partial charge on any atom is -0.493 e. The van der Waals surface area contributed by atoms with Crippen molar-refractivity contribution in [3.05, 3.63) is 101 Å². The third-order valence-electron chi connectivity index (χ3n) is 5.01. The van der Waals surface area contributed by atoms with Crippen LogP contribution in [0.15, 0.2) is 90.5 Å². The second-order valence-electron chi connectivity index (χ2n) is 6.99. The van der Waals surface area contributed by atoms with Crippen molar-refractivity contribution in [1.82, 2.24) is 4.98 Å². The van der Waals surface area contributed by atoms with Crippen LogP contribution in [0, 0.1) is 0 Å². The highest BCUT2D eigenvalue weighted by Crippen LogP contribution is 2.35. The van der Waals surface area contributed by atoms with Gasteiger partial charge < -0.3 is 4.74 Å². The van der Waals surface area contributed by atoms with Crippen LogP contribution in [0.1, 0.15) is 36.1 Å². The molecule has 0 saturated heterocycles. The van der Waals surface area contributed by atoms with Crippen molar-refractivity contribution < 1.29 is 4.74 Å². The zero-order chi connectivity index (χ0) is 19.2. The van der Waals surface area contributed by atoms with Crippen molar-refractivity contribution >= 4 is 21.4 Å². The minimum absolute atomic E-state index is 0.306. The Morgan fingerprint density at radius 3 is 2.89 bits per heavy atom. The Hall–Kier alpha value is -2.65. The summed E-state index contributed by atoms with van der Waals surface area (Å²) in [5.74, 6) is 1.31. The van der Waals surface area contributed by atoms with Crippen LogP contribution in [0.25, 0.3) is 10.1 Å². The Kier molecular flexibility index (Phi) is 6.03. The average molecular weight is 388 g/mol. The maximum absolute atomic E-state index is 6.16. The Morgan fingerprint density at radius 2 is 2.07 bits per heavy atom. The number of ether oxygens (including phenoxy) is 1. The van der Waals surface area contributed by atoms with Gasteiger partial charge >= 0.3 is 0 Å². The van der Waals surface area contributed by atoms with Crippen LogP contribution in [-0.4, -0.2) is 11.6 Å². The number of rotatable bonds is 7. The molecule has 0 spiro atoms. The fourth-order valence-corrected chi connectivity index (χ4v) is 4.62. The third kappa shape index (κ3) is 4.42. The SMILES string of the molecule is CCC1=CC(c2cc3ccccc3s2)C=CC=C1OCCCc1cccnc1. The van der Waals surface area contributed by atoms with Gasteiger partial charge in [-0.25, -0.2) is 0 Å². The number of fused-ring (bicyclic) bond motifs is 1. The van der Waals surface area contributed by atoms with Gasteiger partial charge in [0, 0.05) is 27.9 Å². The lowest BCUT2D eigenvalue weighted by molar-refractivity contribution is 0.215. The standard InChI is InChI=1S/C25H25NOS/c1-2-20-16-21(25-17-22-10-3-4-13-24(22)28-25)11-5-12-23(20)27-15-7-9-19-8-6-14-26-18-19/h3-6,8,10-14,16-18,21H,2,7,9,15H2,1H3. The van der Waals surface area contributed by atoms with Gasteiger partial charge in [-0.05, 0) is 60.1 Å². The lowest BCUT2D eigenvalue weighted by Gasteiger charge is -2.13. The van der Waals surface area contributed by atoms with Gasteiger partial charge in [0.25, 0.3) is 0 Å². The molecule has 1 unspecified atom stereocenters. The highest BCUT2D eigenvalue weighted by atomic mass is 32.1. The third-order valence-corrected chi connectivity index (χ3v) is 6.22. The normalized spacial score (nSPS) is 16.5. The fourth-order valence-electron chi connectivity index (χ4n) is 3.51. The summed E-state index contributed by atoms with van der Waals surface area (Å²) in [6.45, 7) is 2.92. The number of allylic oxidation sites excluding steroid dienone is 5. The first-order valence-electron chi connectivity index (χ1n) is 9.93. The molecule has 0 aliphatic heterocycles. The molecule has 1 aliphatic rings. The summed E-state index contributed by atoms with van der Waals surface area (Å²) in [6.07, 6.45) is 15.6. The highest BCUT2D eigenvalue weighted by Gasteiger charge is 2.15. The number of nitrogens with zero attached hydrogens (tertiary/aromatic N) is 1. The van der Waals surface area contributed by atoms with Crippen molar-refractivity contribution in [2.75, 3.05) is 6.61 Å². The molecule has 2 aromatic heterocycles. The van der Waals surface area contributed by atoms with E-state index in [1.54, 1.807) is 0 Å². The van der Waals surface area contributed by atoms with Gasteiger partial charge in [0.05, 0.1) is 6.61 Å². The molecule has 1 aliphatic carbocycles. The molecule has 0 fully saturated rings. The first kappa shape index (κ1) is 18.7. The molecule has 0 saturated carbocycles. The molecule has 28 heavy (non-hydrogen) atoms. The summed E-state index contributed by atoms with van der Waals surface area (Å²) >= 11 is 1.88. The first-order valence-corrected chi connectivity index (χ1v) is 10.7. The van der Waals surface area contributed by atoms with Gasteiger partial charge in [-0.15, -0.1) is 11.3 Å². The van der Waals surface area contributed by atoms with Crippen LogP contribution in [-0.2, 0) is 11.2 Å². The van der Waals surface area contributed by atoms with E-state index < -0.39 is 0 Å². The molecule has 0 radical (unpaired) electrons. The maximum Gasteiger partial charge on any atom is 0.122 e. The van der Waals surface area contributed by atoms with E-state index in [-0.39, 0.29) is 0 Å². The number of benzene rings is 1. The fraction of sp³-hybridized carbons (Fsp3) is 0.240. The van der Waals surface area contributed by atoms with E-state index in [4.69, 9.17) is 4.74 Å². The van der Waals surface area contributed by atoms with Gasteiger partial charge in [-0.1, -0.05) is 49.4 Å². The number of aryl methyl sites for hydroxylation is 1. The minimum atomic E-state index is 0.306. The number of thiophene rings is 1. The molecule has 142 valence electrons. The Balaban J connectivity index is 1.42. The molecule has 2 heterocycles. The van der Waals surface area contributed by atoms with E-state index in [0.717, 1.165) is 31.6 Å². The zero-order valence-electron chi connectivity index (χ0n) is 16.2. The molecule has 0 amide bonds. The second-order valence-corrected chi connectivity index (χ2v) is 8.10. The summed E-state index contributed by atoms with van der Waals surface area (Å²) < 4.78 is 7.50. The number of hydrogen-bond donors (Lipinski definition) is 0. The van der Waals surface area contributed by atoms with Crippen LogP contribution in [0.4, 0.5) is 0 Å². The van der Waals surface area contributed by atoms with Crippen LogP contribution in [0.5, 0.6) is 0 Å². The Labute approximate surface area is 170 Å². The van der Waals surface area contributed by atoms with E-state index in [1.165, 1.54) is 26.1 Å². The quantitative estimate of drug-likeness (QED) is 0.415. The molecule has 1 atom stereocenters. The number of hydrogen-bond acceptors (Lipinski definition) is 3. The van der Waals surface area contributed by atoms with Crippen LogP contribution in [0.3, 0.4) is 0 Å². The van der Waals surface area contributed by atoms with Crippen LogP contribution < -0.4 is 0 Å². The summed E-state index contributed by atoms with van der Waals surface area (Å²) in [4.78, 5) is 5.56. The molecular formula is C25H25NOS. The zero-order valence-corrected chi connectivity index (χ0v) is 17.0. The highest BCUT2D eigenvalue weighted by molar-refractivity contribution is 7.19. The number of pyridine rings is 1. The van der Waals surface area contributed by atoms with Gasteiger partial charge in [-0.3, -0.25) is 4.98 Å². The monoisotopic (exact) mass is 387 g/mol. The first-order chi connectivity index (χ1) is 13.8. The lowest BCUT2D eigenvalue weighted by Crippen LogP contribution is -2.00. The van der Waals surface area contributed by atoms with Crippen molar-refractivity contribution in [3.63, 3.8) is 0 Å². The van der Waals surface area contributed by atoms with E-state index in [9.17, 15) is 0 Å². The van der Waals surface area contributed by atoms with E-state index >= 15 is 0 Å². The molecule has 3 aromatic rings. The van der Waals surface area contributed by atoms with Crippen molar-refractivity contribution in [2.45, 2.75) is 32.1 Å². The van der Waals surface area contributed by atoms with Gasteiger partial charge in [0.15, 0.2) is 0 Å². The van der Waals surface area contributed by atoms with Crippen LogP contribution >= 0.6 is 11.3 Å². The molecular weight excluding hydrogens is 362 g/mol. The molecule has 2 nitrogen and oxygen atoms in total. The molecule has 3 heteroatoms. The molecule has 4 rings (SSSR count). The van der Waals surface area contributed by atoms with Gasteiger partial charge in [-0.2, -0.15) is 0 Å². The predicted molar refractivity (Wildman–Crippen MR) is 119 cm³/mol. The average Bonchev–Trinajstić information content (AvgIpc) is 3.06. The lowest BCUT2D eigenvalue weighted by atomic mass is 10.0. The van der Waals surface area contributed by atoms with E-state index in [2.05, 4.69) is 72.6 Å². The summed E-state index contributed by atoms with van der Waals surface area (Å²) in [5.41, 5.74) is 2.55. The van der Waals surface area contributed by atoms with E-state index in [1.807, 2.05) is 29.8 Å². The summed E-state index contributed by atoms with van der Waals surface area (Å²) in [5, 5.41) is 1.33. The largest absolute Gasteiger partial charge is 0.493 e. The van der Waals surface area contributed by atoms with Gasteiger partial charge in [0.2, 0.25) is 0 Å². The number of aromatic nitrogens is 1. The molecule has 0 bridgehead atoms. The molecule has 1 aromatic carbocycles. The topological polar surface area (TPSA) is 22.1 Å². The van der Waals surface area contributed by atoms with Crippen molar-refractivity contribution in [3.8, 4) is 0 Å². The Bertz CT molecular complexity index is 980. The predicted octanol–water partition coefficient (Wildman–Crippen LogP) is 6.82. The summed E-state index contributed by atoms with van der Waals surface area (Å²) in [6, 6.07) is 15.0. The van der Waals surface area contributed by atoms with Gasteiger partial charge in [0.1, 0.15) is 5.76 Å². The maximum atomic E-state index is 6.16. The smallest absolute Gasteiger partial charge is 0.122 e. The second kappa shape index (κ2) is 9.03. The van der Waals surface area contributed by atoms with Crippen LogP contribution in [0.2, 0.25) is 0 Å². The van der Waals surface area contributed by atoms with Crippen molar-refractivity contribution in [2.24, 2.45) is 0 Å².